The van der Waals surface area contributed by atoms with Crippen LogP contribution >= 0.6 is 0 Å². The van der Waals surface area contributed by atoms with Gasteiger partial charge in [-0.1, -0.05) is 6.07 Å². The molecule has 0 saturated carbocycles. The second-order valence-electron chi connectivity index (χ2n) is 7.37. The maximum absolute atomic E-state index is 12.4. The molecular weight excluding hydrogens is 316 g/mol. The number of carbonyl (C=O) groups is 1. The minimum atomic E-state index is -0.0864. The van der Waals surface area contributed by atoms with E-state index in [1.54, 1.807) is 0 Å². The standard InChI is InChI=1S/C20H28N2O3/c1-4-24-17-7-5-6-16-19(17)15(13-21-16)10-18(23)22-12-14-8-9-25-20(2,3)11-14/h5-7,13-14,21H,4,8-12H2,1-3H3,(H,22,23)/t14-/m1/s1. The predicted molar refractivity (Wildman–Crippen MR) is 98.9 cm³/mol. The van der Waals surface area contributed by atoms with Crippen molar-refractivity contribution in [3.8, 4) is 5.75 Å². The lowest BCUT2D eigenvalue weighted by atomic mass is 9.88. The quantitative estimate of drug-likeness (QED) is 0.844. The zero-order chi connectivity index (χ0) is 17.9. The highest BCUT2D eigenvalue weighted by atomic mass is 16.5. The molecule has 1 fully saturated rings. The zero-order valence-corrected chi connectivity index (χ0v) is 15.4. The largest absolute Gasteiger partial charge is 0.493 e. The summed E-state index contributed by atoms with van der Waals surface area (Å²) in [7, 11) is 0. The number of amides is 1. The van der Waals surface area contributed by atoms with Crippen LogP contribution in [0.2, 0.25) is 0 Å². The van der Waals surface area contributed by atoms with E-state index >= 15 is 0 Å². The molecule has 0 bridgehead atoms. The van der Waals surface area contributed by atoms with Crippen LogP contribution in [-0.4, -0.2) is 36.3 Å². The topological polar surface area (TPSA) is 63.4 Å². The molecule has 0 spiro atoms. The molecule has 1 amide bonds. The first kappa shape index (κ1) is 17.8. The van der Waals surface area contributed by atoms with Crippen molar-refractivity contribution in [1.82, 2.24) is 10.3 Å². The summed E-state index contributed by atoms with van der Waals surface area (Å²) in [5, 5.41) is 4.10. The fourth-order valence-electron chi connectivity index (χ4n) is 3.66. The van der Waals surface area contributed by atoms with Crippen molar-refractivity contribution in [2.45, 2.75) is 45.6 Å². The molecule has 0 aliphatic carbocycles. The lowest BCUT2D eigenvalue weighted by Crippen LogP contribution is -2.39. The van der Waals surface area contributed by atoms with Gasteiger partial charge < -0.3 is 19.8 Å². The summed E-state index contributed by atoms with van der Waals surface area (Å²) >= 11 is 0. The number of benzene rings is 1. The third-order valence-corrected chi connectivity index (χ3v) is 4.79. The van der Waals surface area contributed by atoms with Gasteiger partial charge in [0.1, 0.15) is 5.75 Å². The lowest BCUT2D eigenvalue weighted by Gasteiger charge is -2.35. The maximum atomic E-state index is 12.4. The van der Waals surface area contributed by atoms with Crippen molar-refractivity contribution in [2.24, 2.45) is 5.92 Å². The van der Waals surface area contributed by atoms with E-state index in [2.05, 4.69) is 24.1 Å². The molecule has 2 heterocycles. The molecule has 1 aliphatic rings. The number of H-pyrrole nitrogens is 1. The molecule has 1 saturated heterocycles. The Morgan fingerprint density at radius 1 is 1.44 bits per heavy atom. The van der Waals surface area contributed by atoms with Gasteiger partial charge >= 0.3 is 0 Å². The van der Waals surface area contributed by atoms with Crippen molar-refractivity contribution >= 4 is 16.8 Å². The number of carbonyl (C=O) groups excluding carboxylic acids is 1. The summed E-state index contributed by atoms with van der Waals surface area (Å²) < 4.78 is 11.5. The average Bonchev–Trinajstić information content (AvgIpc) is 2.96. The molecule has 25 heavy (non-hydrogen) atoms. The number of fused-ring (bicyclic) bond motifs is 1. The highest BCUT2D eigenvalue weighted by Crippen LogP contribution is 2.30. The van der Waals surface area contributed by atoms with Gasteiger partial charge in [0, 0.05) is 30.3 Å². The number of hydrogen-bond acceptors (Lipinski definition) is 3. The smallest absolute Gasteiger partial charge is 0.224 e. The normalized spacial score (nSPS) is 19.7. The van der Waals surface area contributed by atoms with Crippen LogP contribution in [0.4, 0.5) is 0 Å². The van der Waals surface area contributed by atoms with E-state index < -0.39 is 0 Å². The second kappa shape index (κ2) is 7.48. The predicted octanol–water partition coefficient (Wildman–Crippen LogP) is 3.43. The summed E-state index contributed by atoms with van der Waals surface area (Å²) in [6, 6.07) is 5.91. The van der Waals surface area contributed by atoms with Gasteiger partial charge in [-0.25, -0.2) is 0 Å². The van der Waals surface area contributed by atoms with E-state index in [1.165, 1.54) is 0 Å². The number of rotatable bonds is 6. The van der Waals surface area contributed by atoms with Gasteiger partial charge in [-0.2, -0.15) is 0 Å². The minimum absolute atomic E-state index is 0.0523. The molecule has 1 aromatic heterocycles. The Kier molecular flexibility index (Phi) is 5.33. The third-order valence-electron chi connectivity index (χ3n) is 4.79. The molecule has 5 nitrogen and oxygen atoms in total. The van der Waals surface area contributed by atoms with Gasteiger partial charge in [0.25, 0.3) is 0 Å². The Balaban J connectivity index is 1.62. The maximum Gasteiger partial charge on any atom is 0.224 e. The first-order valence-corrected chi connectivity index (χ1v) is 9.11. The number of hydrogen-bond donors (Lipinski definition) is 2. The van der Waals surface area contributed by atoms with Crippen molar-refractivity contribution < 1.29 is 14.3 Å². The SMILES string of the molecule is CCOc1cccc2[nH]cc(CC(=O)NC[C@@H]3CCOC(C)(C)C3)c12. The number of aromatic nitrogens is 1. The van der Waals surface area contributed by atoms with Gasteiger partial charge in [-0.05, 0) is 57.2 Å². The molecule has 2 aromatic rings. The third kappa shape index (κ3) is 4.34. The summed E-state index contributed by atoms with van der Waals surface area (Å²) in [5.74, 6) is 1.36. The van der Waals surface area contributed by atoms with Gasteiger partial charge in [-0.15, -0.1) is 0 Å². The zero-order valence-electron chi connectivity index (χ0n) is 15.4. The van der Waals surface area contributed by atoms with E-state index in [-0.39, 0.29) is 11.5 Å². The highest BCUT2D eigenvalue weighted by Gasteiger charge is 2.28. The fraction of sp³-hybridized carbons (Fsp3) is 0.550. The van der Waals surface area contributed by atoms with Gasteiger partial charge in [0.05, 0.1) is 18.6 Å². The van der Waals surface area contributed by atoms with Crippen LogP contribution in [0, 0.1) is 5.92 Å². The Hall–Kier alpha value is -2.01. The van der Waals surface area contributed by atoms with Crippen LogP contribution in [0.5, 0.6) is 5.75 Å². The summed E-state index contributed by atoms with van der Waals surface area (Å²) in [6.07, 6.45) is 4.25. The van der Waals surface area contributed by atoms with Crippen molar-refractivity contribution in [1.29, 1.82) is 0 Å². The van der Waals surface area contributed by atoms with E-state index in [1.807, 2.05) is 31.3 Å². The van der Waals surface area contributed by atoms with Crippen molar-refractivity contribution in [3.63, 3.8) is 0 Å². The fourth-order valence-corrected chi connectivity index (χ4v) is 3.66. The van der Waals surface area contributed by atoms with Crippen LogP contribution in [-0.2, 0) is 16.0 Å². The van der Waals surface area contributed by atoms with E-state index in [0.29, 0.717) is 25.5 Å². The summed E-state index contributed by atoms with van der Waals surface area (Å²) in [6.45, 7) is 8.28. The first-order valence-electron chi connectivity index (χ1n) is 9.11. The molecule has 2 N–H and O–H groups in total. The summed E-state index contributed by atoms with van der Waals surface area (Å²) in [5.41, 5.74) is 1.89. The number of ether oxygens (including phenoxy) is 2. The second-order valence-corrected chi connectivity index (χ2v) is 7.37. The Labute approximate surface area is 149 Å². The molecular formula is C20H28N2O3. The van der Waals surface area contributed by atoms with Crippen LogP contribution in [0.25, 0.3) is 10.9 Å². The average molecular weight is 344 g/mol. The van der Waals surface area contributed by atoms with E-state index in [0.717, 1.165) is 41.7 Å². The summed E-state index contributed by atoms with van der Waals surface area (Å²) in [4.78, 5) is 15.7. The van der Waals surface area contributed by atoms with Crippen LogP contribution in [0.3, 0.4) is 0 Å². The molecule has 1 atom stereocenters. The van der Waals surface area contributed by atoms with E-state index in [4.69, 9.17) is 9.47 Å². The molecule has 0 unspecified atom stereocenters. The van der Waals surface area contributed by atoms with Crippen LogP contribution in [0.15, 0.2) is 24.4 Å². The first-order chi connectivity index (χ1) is 12.0. The highest BCUT2D eigenvalue weighted by molar-refractivity contribution is 5.93. The molecule has 1 aromatic carbocycles. The Bertz CT molecular complexity index is 736. The van der Waals surface area contributed by atoms with Crippen LogP contribution in [0.1, 0.15) is 39.2 Å². The van der Waals surface area contributed by atoms with Crippen LogP contribution < -0.4 is 10.1 Å². The number of nitrogens with one attached hydrogen (secondary N) is 2. The monoisotopic (exact) mass is 344 g/mol. The molecule has 0 radical (unpaired) electrons. The van der Waals surface area contributed by atoms with Crippen molar-refractivity contribution in [3.05, 3.63) is 30.0 Å². The van der Waals surface area contributed by atoms with Crippen molar-refractivity contribution in [2.75, 3.05) is 19.8 Å². The molecule has 136 valence electrons. The molecule has 5 heteroatoms. The molecule has 3 rings (SSSR count). The molecule has 1 aliphatic heterocycles. The van der Waals surface area contributed by atoms with E-state index in [9.17, 15) is 4.79 Å². The lowest BCUT2D eigenvalue weighted by molar-refractivity contribution is -0.121. The van der Waals surface area contributed by atoms with Gasteiger partial charge in [-0.3, -0.25) is 4.79 Å². The Morgan fingerprint density at radius 3 is 3.04 bits per heavy atom. The minimum Gasteiger partial charge on any atom is -0.493 e. The Morgan fingerprint density at radius 2 is 2.28 bits per heavy atom. The number of aromatic amines is 1. The van der Waals surface area contributed by atoms with Gasteiger partial charge in [0.15, 0.2) is 0 Å². The van der Waals surface area contributed by atoms with Gasteiger partial charge in [0.2, 0.25) is 5.91 Å².